The van der Waals surface area contributed by atoms with Gasteiger partial charge in [0.05, 0.1) is 18.2 Å². The summed E-state index contributed by atoms with van der Waals surface area (Å²) in [4.78, 5) is 21.1. The third-order valence-corrected chi connectivity index (χ3v) is 4.62. The predicted octanol–water partition coefficient (Wildman–Crippen LogP) is 3.59. The number of rotatable bonds is 8. The lowest BCUT2D eigenvalue weighted by molar-refractivity contribution is 0.0950. The third-order valence-electron chi connectivity index (χ3n) is 4.62. The Balaban J connectivity index is 1.90. The molecule has 31 heavy (non-hydrogen) atoms. The highest BCUT2D eigenvalue weighted by Gasteiger charge is 2.13. The fourth-order valence-electron chi connectivity index (χ4n) is 3.01. The van der Waals surface area contributed by atoms with Crippen LogP contribution in [0.3, 0.4) is 0 Å². The quantitative estimate of drug-likeness (QED) is 0.564. The van der Waals surface area contributed by atoms with E-state index < -0.39 is 0 Å². The van der Waals surface area contributed by atoms with Gasteiger partial charge in [0.1, 0.15) is 18.2 Å². The molecule has 7 nitrogen and oxygen atoms in total. The van der Waals surface area contributed by atoms with Crippen LogP contribution < -0.4 is 10.1 Å². The van der Waals surface area contributed by atoms with E-state index in [-0.39, 0.29) is 5.91 Å². The summed E-state index contributed by atoms with van der Waals surface area (Å²) in [5.41, 5.74) is 4.24. The van der Waals surface area contributed by atoms with Crippen LogP contribution in [0.4, 0.5) is 0 Å². The van der Waals surface area contributed by atoms with Crippen LogP contribution in [0.2, 0.25) is 0 Å². The topological polar surface area (TPSA) is 97.1 Å². The zero-order chi connectivity index (χ0) is 22.2. The second-order valence-corrected chi connectivity index (χ2v) is 7.07. The first-order valence-corrected chi connectivity index (χ1v) is 9.84. The van der Waals surface area contributed by atoms with E-state index in [0.29, 0.717) is 42.5 Å². The Morgan fingerprint density at radius 2 is 1.87 bits per heavy atom. The van der Waals surface area contributed by atoms with Crippen molar-refractivity contribution in [2.24, 2.45) is 0 Å². The maximum Gasteiger partial charge on any atom is 0.251 e. The molecular weight excluding hydrogens is 392 g/mol. The van der Waals surface area contributed by atoms with Crippen molar-refractivity contribution in [1.29, 1.82) is 5.26 Å². The summed E-state index contributed by atoms with van der Waals surface area (Å²) in [6.45, 7) is 4.81. The zero-order valence-electron chi connectivity index (χ0n) is 17.8. The van der Waals surface area contributed by atoms with Gasteiger partial charge in [-0.15, -0.1) is 0 Å². The maximum atomic E-state index is 12.9. The highest BCUT2D eigenvalue weighted by Crippen LogP contribution is 2.29. The molecule has 2 aromatic carbocycles. The standard InChI is InChI=1S/C24H24N4O3/c1-16-4-5-23(21(8-16)12-25)19-9-20(11-22(10-19)31-7-6-30-3)24(29)28-15-18-13-26-17(2)27-14-18/h4-5,8-11,13-14H,6-7,15H2,1-3H3,(H,28,29). The summed E-state index contributed by atoms with van der Waals surface area (Å²) in [6.07, 6.45) is 3.37. The molecule has 3 aromatic rings. The SMILES string of the molecule is COCCOc1cc(C(=O)NCc2cnc(C)nc2)cc(-c2ccc(C)cc2C#N)c1. The van der Waals surface area contributed by atoms with Crippen molar-refractivity contribution >= 4 is 5.91 Å². The van der Waals surface area contributed by atoms with Crippen molar-refractivity contribution in [2.75, 3.05) is 20.3 Å². The number of nitrogens with zero attached hydrogens (tertiary/aromatic N) is 3. The number of methoxy groups -OCH3 is 1. The van der Waals surface area contributed by atoms with E-state index in [4.69, 9.17) is 9.47 Å². The number of aryl methyl sites for hydroxylation is 2. The number of nitrogens with one attached hydrogen (secondary N) is 1. The van der Waals surface area contributed by atoms with Gasteiger partial charge in [0.2, 0.25) is 0 Å². The number of carbonyl (C=O) groups is 1. The molecule has 0 unspecified atom stereocenters. The largest absolute Gasteiger partial charge is 0.491 e. The van der Waals surface area contributed by atoms with E-state index in [1.165, 1.54) is 0 Å². The van der Waals surface area contributed by atoms with Gasteiger partial charge in [-0.2, -0.15) is 5.26 Å². The van der Waals surface area contributed by atoms with E-state index in [2.05, 4.69) is 21.4 Å². The number of hydrogen-bond acceptors (Lipinski definition) is 6. The molecule has 3 rings (SSSR count). The molecule has 0 radical (unpaired) electrons. The van der Waals surface area contributed by atoms with Gasteiger partial charge < -0.3 is 14.8 Å². The summed E-state index contributed by atoms with van der Waals surface area (Å²) in [6, 6.07) is 13.1. The van der Waals surface area contributed by atoms with Gasteiger partial charge in [-0.3, -0.25) is 4.79 Å². The lowest BCUT2D eigenvalue weighted by Gasteiger charge is -2.13. The van der Waals surface area contributed by atoms with Gasteiger partial charge in [0, 0.05) is 37.2 Å². The fraction of sp³-hybridized carbons (Fsp3) is 0.250. The van der Waals surface area contributed by atoms with E-state index >= 15 is 0 Å². The van der Waals surface area contributed by atoms with Gasteiger partial charge in [-0.1, -0.05) is 12.1 Å². The van der Waals surface area contributed by atoms with Crippen molar-refractivity contribution in [3.8, 4) is 22.9 Å². The summed E-state index contributed by atoms with van der Waals surface area (Å²) >= 11 is 0. The minimum Gasteiger partial charge on any atom is -0.491 e. The molecule has 0 saturated carbocycles. The van der Waals surface area contributed by atoms with Crippen LogP contribution in [0.1, 0.15) is 32.9 Å². The van der Waals surface area contributed by atoms with Crippen molar-refractivity contribution in [3.05, 3.63) is 76.9 Å². The van der Waals surface area contributed by atoms with Crippen LogP contribution in [0.15, 0.2) is 48.8 Å². The zero-order valence-corrected chi connectivity index (χ0v) is 17.8. The summed E-state index contributed by atoms with van der Waals surface area (Å²) in [5.74, 6) is 0.944. The Morgan fingerprint density at radius 3 is 2.58 bits per heavy atom. The maximum absolute atomic E-state index is 12.9. The number of carbonyl (C=O) groups excluding carboxylic acids is 1. The van der Waals surface area contributed by atoms with Gasteiger partial charge in [0.25, 0.3) is 5.91 Å². The summed E-state index contributed by atoms with van der Waals surface area (Å²) < 4.78 is 10.8. The Bertz CT molecular complexity index is 1100. The summed E-state index contributed by atoms with van der Waals surface area (Å²) in [7, 11) is 1.60. The molecule has 1 aromatic heterocycles. The Labute approximate surface area is 181 Å². The number of ether oxygens (including phenoxy) is 2. The van der Waals surface area contributed by atoms with Gasteiger partial charge in [-0.25, -0.2) is 9.97 Å². The molecule has 158 valence electrons. The lowest BCUT2D eigenvalue weighted by atomic mass is 9.96. The average Bonchev–Trinajstić information content (AvgIpc) is 2.78. The molecule has 0 saturated heterocycles. The molecule has 0 atom stereocenters. The van der Waals surface area contributed by atoms with Crippen LogP contribution in [0.5, 0.6) is 5.75 Å². The lowest BCUT2D eigenvalue weighted by Crippen LogP contribution is -2.23. The molecule has 7 heteroatoms. The monoisotopic (exact) mass is 416 g/mol. The van der Waals surface area contributed by atoms with Gasteiger partial charge in [0.15, 0.2) is 0 Å². The minimum absolute atomic E-state index is 0.260. The Kier molecular flexibility index (Phi) is 7.31. The summed E-state index contributed by atoms with van der Waals surface area (Å²) in [5, 5.41) is 12.4. The molecular formula is C24H24N4O3. The molecule has 0 bridgehead atoms. The molecule has 0 spiro atoms. The second-order valence-electron chi connectivity index (χ2n) is 7.07. The fourth-order valence-corrected chi connectivity index (χ4v) is 3.01. The predicted molar refractivity (Wildman–Crippen MR) is 117 cm³/mol. The molecule has 0 aliphatic carbocycles. The van der Waals surface area contributed by atoms with E-state index in [1.54, 1.807) is 38.6 Å². The first-order chi connectivity index (χ1) is 15.0. The molecule has 0 aliphatic rings. The Morgan fingerprint density at radius 1 is 1.10 bits per heavy atom. The number of benzene rings is 2. The molecule has 1 N–H and O–H groups in total. The van der Waals surface area contributed by atoms with Crippen LogP contribution in [-0.4, -0.2) is 36.2 Å². The smallest absolute Gasteiger partial charge is 0.251 e. The van der Waals surface area contributed by atoms with Gasteiger partial charge >= 0.3 is 0 Å². The number of amides is 1. The Hall–Kier alpha value is -3.76. The van der Waals surface area contributed by atoms with Crippen molar-refractivity contribution in [1.82, 2.24) is 15.3 Å². The first-order valence-electron chi connectivity index (χ1n) is 9.84. The minimum atomic E-state index is -0.260. The van der Waals surface area contributed by atoms with E-state index in [1.807, 2.05) is 31.2 Å². The number of hydrogen-bond donors (Lipinski definition) is 1. The number of aromatic nitrogens is 2. The first kappa shape index (κ1) is 21.9. The van der Waals surface area contributed by atoms with Crippen LogP contribution >= 0.6 is 0 Å². The number of nitriles is 1. The highest BCUT2D eigenvalue weighted by atomic mass is 16.5. The van der Waals surface area contributed by atoms with Crippen molar-refractivity contribution in [3.63, 3.8) is 0 Å². The third kappa shape index (κ3) is 5.87. The molecule has 1 heterocycles. The van der Waals surface area contributed by atoms with Crippen LogP contribution in [0, 0.1) is 25.2 Å². The normalized spacial score (nSPS) is 10.4. The molecule has 1 amide bonds. The van der Waals surface area contributed by atoms with Crippen molar-refractivity contribution < 1.29 is 14.3 Å². The van der Waals surface area contributed by atoms with Crippen LogP contribution in [0.25, 0.3) is 11.1 Å². The van der Waals surface area contributed by atoms with Crippen molar-refractivity contribution in [2.45, 2.75) is 20.4 Å². The molecule has 0 fully saturated rings. The second kappa shape index (κ2) is 10.3. The average molecular weight is 416 g/mol. The highest BCUT2D eigenvalue weighted by molar-refractivity contribution is 5.96. The van der Waals surface area contributed by atoms with E-state index in [9.17, 15) is 10.1 Å². The van der Waals surface area contributed by atoms with E-state index in [0.717, 1.165) is 22.3 Å². The molecule has 0 aliphatic heterocycles. The van der Waals surface area contributed by atoms with Crippen LogP contribution in [-0.2, 0) is 11.3 Å². The van der Waals surface area contributed by atoms with Gasteiger partial charge in [-0.05, 0) is 54.8 Å².